The quantitative estimate of drug-likeness (QED) is 0.916. The molecule has 124 valence electrons. The van der Waals surface area contributed by atoms with Crippen molar-refractivity contribution in [2.75, 3.05) is 31.1 Å². The van der Waals surface area contributed by atoms with Crippen LogP contribution in [0.15, 0.2) is 6.20 Å². The molecule has 2 aromatic rings. The largest absolute Gasteiger partial charge is 0.373 e. The van der Waals surface area contributed by atoms with E-state index in [1.807, 2.05) is 17.9 Å². The van der Waals surface area contributed by atoms with Crippen LogP contribution in [0.1, 0.15) is 37.4 Å². The van der Waals surface area contributed by atoms with E-state index >= 15 is 0 Å². The second-order valence-corrected chi connectivity index (χ2v) is 6.57. The zero-order chi connectivity index (χ0) is 15.8. The molecule has 0 aromatic carbocycles. The van der Waals surface area contributed by atoms with E-state index in [4.69, 9.17) is 20.4 Å². The molecule has 1 aliphatic heterocycles. The Hall–Kier alpha value is -1.73. The zero-order valence-corrected chi connectivity index (χ0v) is 13.6. The molecule has 2 aliphatic rings. The lowest BCUT2D eigenvalue weighted by molar-refractivity contribution is 0.0464. The van der Waals surface area contributed by atoms with Crippen LogP contribution in [0.25, 0.3) is 11.0 Å². The van der Waals surface area contributed by atoms with Gasteiger partial charge in [0.05, 0.1) is 24.3 Å². The molecule has 7 heteroatoms. The number of rotatable bonds is 3. The summed E-state index contributed by atoms with van der Waals surface area (Å²) in [5, 5.41) is 5.41. The van der Waals surface area contributed by atoms with Crippen molar-refractivity contribution in [1.29, 1.82) is 0 Å². The van der Waals surface area contributed by atoms with Crippen LogP contribution >= 0.6 is 0 Å². The predicted molar refractivity (Wildman–Crippen MR) is 88.5 cm³/mol. The molecule has 23 heavy (non-hydrogen) atoms. The summed E-state index contributed by atoms with van der Waals surface area (Å²) in [4.78, 5) is 12.1. The highest BCUT2D eigenvalue weighted by Crippen LogP contribution is 2.35. The van der Waals surface area contributed by atoms with Crippen LogP contribution in [-0.4, -0.2) is 52.1 Å². The number of ether oxygens (including phenoxy) is 1. The lowest BCUT2D eigenvalue weighted by Gasteiger charge is -2.33. The normalized spacial score (nSPS) is 23.0. The first-order chi connectivity index (χ1) is 11.3. The number of anilines is 1. The molecule has 7 nitrogen and oxygen atoms in total. The van der Waals surface area contributed by atoms with Crippen LogP contribution < -0.4 is 10.6 Å². The summed E-state index contributed by atoms with van der Waals surface area (Å²) in [5.74, 6) is 2.45. The van der Waals surface area contributed by atoms with Crippen LogP contribution in [0.2, 0.25) is 0 Å². The fourth-order valence-corrected chi connectivity index (χ4v) is 3.69. The lowest BCUT2D eigenvalue weighted by atomic mass is 10.1. The molecule has 1 saturated carbocycles. The number of morpholine rings is 1. The number of nitrogens with two attached hydrogens (primary N) is 1. The van der Waals surface area contributed by atoms with Gasteiger partial charge in [-0.1, -0.05) is 12.8 Å². The van der Waals surface area contributed by atoms with Crippen molar-refractivity contribution in [3.63, 3.8) is 0 Å². The van der Waals surface area contributed by atoms with Crippen molar-refractivity contribution in [3.05, 3.63) is 12.0 Å². The topological polar surface area (TPSA) is 82.1 Å². The molecule has 1 aliphatic carbocycles. The third-order valence-corrected chi connectivity index (χ3v) is 5.01. The Kier molecular flexibility index (Phi) is 3.90. The predicted octanol–water partition coefficient (Wildman–Crippen LogP) is 1.18. The zero-order valence-electron chi connectivity index (χ0n) is 13.6. The third kappa shape index (κ3) is 2.68. The number of fused-ring (bicyclic) bond motifs is 1. The number of aromatic nitrogens is 4. The third-order valence-electron chi connectivity index (χ3n) is 5.01. The van der Waals surface area contributed by atoms with Gasteiger partial charge in [-0.25, -0.2) is 9.97 Å². The number of hydrogen-bond acceptors (Lipinski definition) is 6. The fourth-order valence-electron chi connectivity index (χ4n) is 3.69. The van der Waals surface area contributed by atoms with Crippen molar-refractivity contribution in [3.8, 4) is 0 Å². The molecule has 4 rings (SSSR count). The maximum atomic E-state index is 5.79. The number of nitrogens with zero attached hydrogens (tertiary/aromatic N) is 5. The second kappa shape index (κ2) is 6.05. The SMILES string of the molecule is Cn1ncc2c(N3CCO[C@H](CN)C3)nc(C3CCCC3)nc21. The van der Waals surface area contributed by atoms with Gasteiger partial charge in [0, 0.05) is 32.6 Å². The minimum atomic E-state index is 0.0698. The fraction of sp³-hybridized carbons (Fsp3) is 0.688. The highest BCUT2D eigenvalue weighted by atomic mass is 16.5. The van der Waals surface area contributed by atoms with Crippen molar-refractivity contribution < 1.29 is 4.74 Å². The Bertz CT molecular complexity index is 693. The van der Waals surface area contributed by atoms with Crippen molar-refractivity contribution >= 4 is 16.9 Å². The van der Waals surface area contributed by atoms with E-state index in [9.17, 15) is 0 Å². The Labute approximate surface area is 135 Å². The number of aryl methyl sites for hydroxylation is 1. The molecule has 0 unspecified atom stereocenters. The van der Waals surface area contributed by atoms with Gasteiger partial charge in [0.25, 0.3) is 0 Å². The first-order valence-corrected chi connectivity index (χ1v) is 8.52. The van der Waals surface area contributed by atoms with Gasteiger partial charge < -0.3 is 15.4 Å². The van der Waals surface area contributed by atoms with Gasteiger partial charge in [0.1, 0.15) is 11.6 Å². The van der Waals surface area contributed by atoms with E-state index in [2.05, 4.69) is 10.00 Å². The molecule has 0 spiro atoms. The highest BCUT2D eigenvalue weighted by molar-refractivity contribution is 5.87. The summed E-state index contributed by atoms with van der Waals surface area (Å²) < 4.78 is 7.54. The Balaban J connectivity index is 1.77. The van der Waals surface area contributed by atoms with Crippen LogP contribution in [0.5, 0.6) is 0 Å². The standard InChI is InChI=1S/C16H24N6O/c1-21-15-13(9-18-21)16(22-6-7-23-12(8-17)10-22)20-14(19-15)11-4-2-3-5-11/h9,11-12H,2-8,10,17H2,1H3/t12-/m1/s1. The summed E-state index contributed by atoms with van der Waals surface area (Å²) >= 11 is 0. The van der Waals surface area contributed by atoms with Gasteiger partial charge in [-0.3, -0.25) is 4.68 Å². The summed E-state index contributed by atoms with van der Waals surface area (Å²) in [6.45, 7) is 2.84. The molecule has 1 atom stereocenters. The molecule has 2 N–H and O–H groups in total. The van der Waals surface area contributed by atoms with E-state index < -0.39 is 0 Å². The van der Waals surface area contributed by atoms with Gasteiger partial charge in [0.15, 0.2) is 5.65 Å². The maximum Gasteiger partial charge on any atom is 0.163 e. The minimum Gasteiger partial charge on any atom is -0.373 e. The molecule has 0 radical (unpaired) electrons. The van der Waals surface area contributed by atoms with Crippen LogP contribution in [-0.2, 0) is 11.8 Å². The van der Waals surface area contributed by atoms with Crippen LogP contribution in [0, 0.1) is 0 Å². The van der Waals surface area contributed by atoms with Gasteiger partial charge in [0.2, 0.25) is 0 Å². The molecule has 2 aromatic heterocycles. The molecule has 2 fully saturated rings. The van der Waals surface area contributed by atoms with E-state index in [1.54, 1.807) is 0 Å². The first kappa shape index (κ1) is 14.8. The van der Waals surface area contributed by atoms with Gasteiger partial charge in [-0.05, 0) is 12.8 Å². The van der Waals surface area contributed by atoms with Crippen molar-refractivity contribution in [1.82, 2.24) is 19.7 Å². The Morgan fingerprint density at radius 1 is 1.30 bits per heavy atom. The number of hydrogen-bond donors (Lipinski definition) is 1. The summed E-state index contributed by atoms with van der Waals surface area (Å²) in [7, 11) is 1.94. The lowest BCUT2D eigenvalue weighted by Crippen LogP contribution is -2.46. The minimum absolute atomic E-state index is 0.0698. The molecule has 3 heterocycles. The van der Waals surface area contributed by atoms with Crippen molar-refractivity contribution in [2.45, 2.75) is 37.7 Å². The molecule has 0 bridgehead atoms. The van der Waals surface area contributed by atoms with E-state index in [1.165, 1.54) is 25.7 Å². The van der Waals surface area contributed by atoms with Crippen molar-refractivity contribution in [2.24, 2.45) is 12.8 Å². The highest BCUT2D eigenvalue weighted by Gasteiger charge is 2.26. The molecular weight excluding hydrogens is 292 g/mol. The molecule has 0 amide bonds. The van der Waals surface area contributed by atoms with Gasteiger partial charge >= 0.3 is 0 Å². The monoisotopic (exact) mass is 316 g/mol. The van der Waals surface area contributed by atoms with Gasteiger partial charge in [-0.15, -0.1) is 0 Å². The maximum absolute atomic E-state index is 5.79. The summed E-state index contributed by atoms with van der Waals surface area (Å²) in [5.41, 5.74) is 6.71. The Morgan fingerprint density at radius 2 is 2.13 bits per heavy atom. The second-order valence-electron chi connectivity index (χ2n) is 6.57. The van der Waals surface area contributed by atoms with Gasteiger partial charge in [-0.2, -0.15) is 5.10 Å². The van der Waals surface area contributed by atoms with Crippen LogP contribution in [0.3, 0.4) is 0 Å². The summed E-state index contributed by atoms with van der Waals surface area (Å²) in [6, 6.07) is 0. The van der Waals surface area contributed by atoms with Crippen LogP contribution in [0.4, 0.5) is 5.82 Å². The molecular formula is C16H24N6O. The van der Waals surface area contributed by atoms with E-state index in [0.717, 1.165) is 35.8 Å². The Morgan fingerprint density at radius 3 is 2.91 bits per heavy atom. The van der Waals surface area contributed by atoms with E-state index in [0.29, 0.717) is 19.1 Å². The first-order valence-electron chi connectivity index (χ1n) is 8.52. The average Bonchev–Trinajstić information content (AvgIpc) is 3.25. The smallest absolute Gasteiger partial charge is 0.163 e. The summed E-state index contributed by atoms with van der Waals surface area (Å²) in [6.07, 6.45) is 6.88. The van der Waals surface area contributed by atoms with E-state index in [-0.39, 0.29) is 6.10 Å². The molecule has 1 saturated heterocycles. The average molecular weight is 316 g/mol.